The lowest BCUT2D eigenvalue weighted by Gasteiger charge is -1.97. The fourth-order valence-corrected chi connectivity index (χ4v) is 0.793. The molecule has 0 heteroatoms. The fourth-order valence-electron chi connectivity index (χ4n) is 0.793. The van der Waals surface area contributed by atoms with Gasteiger partial charge in [-0.05, 0) is 25.3 Å². The van der Waals surface area contributed by atoms with Crippen LogP contribution in [0.25, 0.3) is 0 Å². The van der Waals surface area contributed by atoms with Crippen molar-refractivity contribution in [3.63, 3.8) is 0 Å². The molecule has 0 aliphatic carbocycles. The Balaban J connectivity index is 3.93. The number of hydrogen-bond acceptors (Lipinski definition) is 0. The van der Waals surface area contributed by atoms with Crippen LogP contribution < -0.4 is 0 Å². The average Bonchev–Trinajstić information content (AvgIpc) is 2.01. The van der Waals surface area contributed by atoms with Crippen LogP contribution in [0.5, 0.6) is 0 Å². The zero-order chi connectivity index (χ0) is 8.53. The first-order valence-electron chi connectivity index (χ1n) is 3.76. The molecule has 0 unspecified atom stereocenters. The summed E-state index contributed by atoms with van der Waals surface area (Å²) in [5.41, 5.74) is 1.25. The van der Waals surface area contributed by atoms with Gasteiger partial charge >= 0.3 is 0 Å². The van der Waals surface area contributed by atoms with Crippen molar-refractivity contribution in [2.45, 2.75) is 19.3 Å². The summed E-state index contributed by atoms with van der Waals surface area (Å²) in [6.45, 7) is 11.0. The minimum atomic E-state index is 0.816. The molecule has 0 aliphatic rings. The van der Waals surface area contributed by atoms with E-state index in [0.717, 1.165) is 19.3 Å². The summed E-state index contributed by atoms with van der Waals surface area (Å²) in [5, 5.41) is 0. The lowest BCUT2D eigenvalue weighted by atomic mass is 10.1. The van der Waals surface area contributed by atoms with Crippen molar-refractivity contribution in [3.05, 3.63) is 49.6 Å². The molecule has 0 aliphatic heterocycles. The van der Waals surface area contributed by atoms with Crippen LogP contribution in [0.3, 0.4) is 0 Å². The first-order valence-corrected chi connectivity index (χ1v) is 3.76. The van der Waals surface area contributed by atoms with Gasteiger partial charge in [0.15, 0.2) is 0 Å². The van der Waals surface area contributed by atoms with Crippen LogP contribution in [0.2, 0.25) is 0 Å². The van der Waals surface area contributed by atoms with E-state index in [1.54, 1.807) is 0 Å². The summed E-state index contributed by atoms with van der Waals surface area (Å²) in [6, 6.07) is 0. The monoisotopic (exact) mass is 147 g/mol. The second-order valence-electron chi connectivity index (χ2n) is 2.26. The highest BCUT2D eigenvalue weighted by molar-refractivity contribution is 5.07. The van der Waals surface area contributed by atoms with Crippen LogP contribution in [0.4, 0.5) is 0 Å². The van der Waals surface area contributed by atoms with Gasteiger partial charge in [-0.2, -0.15) is 0 Å². The number of rotatable bonds is 6. The third-order valence-corrected chi connectivity index (χ3v) is 1.28. The summed E-state index contributed by atoms with van der Waals surface area (Å²) in [4.78, 5) is 0. The molecule has 0 fully saturated rings. The molecule has 0 bridgehead atoms. The van der Waals surface area contributed by atoms with Crippen molar-refractivity contribution >= 4 is 0 Å². The van der Waals surface area contributed by atoms with Gasteiger partial charge in [-0.25, -0.2) is 0 Å². The molecule has 0 amide bonds. The smallest absolute Gasteiger partial charge is 0.00975 e. The Morgan fingerprint density at radius 3 is 1.91 bits per heavy atom. The number of hydrogen-bond donors (Lipinski definition) is 0. The van der Waals surface area contributed by atoms with Crippen molar-refractivity contribution in [3.8, 4) is 0 Å². The van der Waals surface area contributed by atoms with Crippen LogP contribution in [0.15, 0.2) is 43.5 Å². The molecule has 0 aromatic carbocycles. The van der Waals surface area contributed by atoms with E-state index in [4.69, 9.17) is 0 Å². The van der Waals surface area contributed by atoms with E-state index in [1.165, 1.54) is 5.57 Å². The molecule has 1 radical (unpaired) electrons. The third kappa shape index (κ3) is 5.41. The van der Waals surface area contributed by atoms with Crippen LogP contribution in [-0.2, 0) is 0 Å². The van der Waals surface area contributed by atoms with Crippen molar-refractivity contribution in [2.24, 2.45) is 0 Å². The Morgan fingerprint density at radius 1 is 1.00 bits per heavy atom. The number of allylic oxidation sites excluding steroid dienone is 5. The molecular formula is C11H15. The Labute approximate surface area is 69.6 Å². The predicted molar refractivity (Wildman–Crippen MR) is 51.2 cm³/mol. The van der Waals surface area contributed by atoms with Gasteiger partial charge < -0.3 is 0 Å². The summed E-state index contributed by atoms with van der Waals surface area (Å²) < 4.78 is 0. The van der Waals surface area contributed by atoms with E-state index < -0.39 is 0 Å². The molecule has 59 valence electrons. The molecule has 0 rings (SSSR count). The maximum Gasteiger partial charge on any atom is -0.00975 e. The molecule has 11 heavy (non-hydrogen) atoms. The summed E-state index contributed by atoms with van der Waals surface area (Å²) in [5.74, 6) is 0. The standard InChI is InChI=1S/C11H15/c1-4-7-10-11(8-5-2)9-6-3/h4-6H,1-3,7-9H2. The highest BCUT2D eigenvalue weighted by Crippen LogP contribution is 2.08. The minimum absolute atomic E-state index is 0.816. The van der Waals surface area contributed by atoms with Crippen LogP contribution >= 0.6 is 0 Å². The van der Waals surface area contributed by atoms with Gasteiger partial charge in [0.2, 0.25) is 0 Å². The predicted octanol–water partition coefficient (Wildman–Crippen LogP) is 3.44. The van der Waals surface area contributed by atoms with Crippen LogP contribution in [0.1, 0.15) is 19.3 Å². The van der Waals surface area contributed by atoms with Crippen molar-refractivity contribution in [1.82, 2.24) is 0 Å². The topological polar surface area (TPSA) is 0 Å². The summed E-state index contributed by atoms with van der Waals surface area (Å²) >= 11 is 0. The molecule has 0 N–H and O–H groups in total. The van der Waals surface area contributed by atoms with E-state index in [2.05, 4.69) is 25.8 Å². The van der Waals surface area contributed by atoms with E-state index >= 15 is 0 Å². The molecule has 0 atom stereocenters. The molecule has 0 aromatic heterocycles. The first kappa shape index (κ1) is 9.96. The first-order chi connectivity index (χ1) is 5.35. The van der Waals surface area contributed by atoms with Gasteiger partial charge in [-0.1, -0.05) is 23.8 Å². The highest BCUT2D eigenvalue weighted by atomic mass is 13.9. The van der Waals surface area contributed by atoms with Crippen LogP contribution in [-0.4, -0.2) is 0 Å². The Morgan fingerprint density at radius 2 is 1.55 bits per heavy atom. The molecule has 0 nitrogen and oxygen atoms in total. The minimum Gasteiger partial charge on any atom is -0.103 e. The molecule has 0 spiro atoms. The van der Waals surface area contributed by atoms with E-state index in [-0.39, 0.29) is 0 Å². The van der Waals surface area contributed by atoms with Gasteiger partial charge in [-0.15, -0.1) is 19.7 Å². The molecule has 0 heterocycles. The van der Waals surface area contributed by atoms with Gasteiger partial charge in [0.1, 0.15) is 0 Å². The second-order valence-corrected chi connectivity index (χ2v) is 2.26. The SMILES string of the molecule is C=CC[C]=C(CC=C)CC=C. The van der Waals surface area contributed by atoms with Crippen molar-refractivity contribution < 1.29 is 0 Å². The average molecular weight is 147 g/mol. The molecule has 0 aromatic rings. The van der Waals surface area contributed by atoms with Crippen LogP contribution in [0, 0.1) is 6.08 Å². The fraction of sp³-hybridized carbons (Fsp3) is 0.273. The lowest BCUT2D eigenvalue weighted by Crippen LogP contribution is -1.79. The van der Waals surface area contributed by atoms with Crippen molar-refractivity contribution in [2.75, 3.05) is 0 Å². The maximum absolute atomic E-state index is 3.67. The Hall–Kier alpha value is -1.04. The van der Waals surface area contributed by atoms with Gasteiger partial charge in [-0.3, -0.25) is 0 Å². The van der Waals surface area contributed by atoms with Gasteiger partial charge in [0.25, 0.3) is 0 Å². The van der Waals surface area contributed by atoms with Gasteiger partial charge in [0, 0.05) is 0 Å². The van der Waals surface area contributed by atoms with Crippen molar-refractivity contribution in [1.29, 1.82) is 0 Å². The Bertz CT molecular complexity index is 149. The van der Waals surface area contributed by atoms with Gasteiger partial charge in [0.05, 0.1) is 0 Å². The highest BCUT2D eigenvalue weighted by Gasteiger charge is 1.89. The second kappa shape index (κ2) is 7.07. The quantitative estimate of drug-likeness (QED) is 0.505. The molecular weight excluding hydrogens is 132 g/mol. The maximum atomic E-state index is 3.67. The largest absolute Gasteiger partial charge is 0.103 e. The summed E-state index contributed by atoms with van der Waals surface area (Å²) in [7, 11) is 0. The van der Waals surface area contributed by atoms with E-state index in [9.17, 15) is 0 Å². The zero-order valence-electron chi connectivity index (χ0n) is 6.97. The normalized spacial score (nSPS) is 8.36. The Kier molecular flexibility index (Phi) is 6.40. The zero-order valence-corrected chi connectivity index (χ0v) is 6.97. The lowest BCUT2D eigenvalue weighted by molar-refractivity contribution is 1.07. The van der Waals surface area contributed by atoms with E-state index in [0.29, 0.717) is 0 Å². The molecule has 0 saturated heterocycles. The summed E-state index contributed by atoms with van der Waals surface area (Å²) in [6.07, 6.45) is 11.5. The molecule has 0 saturated carbocycles. The van der Waals surface area contributed by atoms with E-state index in [1.807, 2.05) is 18.2 Å². The third-order valence-electron chi connectivity index (χ3n) is 1.28.